The zero-order valence-corrected chi connectivity index (χ0v) is 10.4. The van der Waals surface area contributed by atoms with E-state index in [9.17, 15) is 4.79 Å². The molecule has 0 radical (unpaired) electrons. The Morgan fingerprint density at radius 1 is 1.56 bits per heavy atom. The van der Waals surface area contributed by atoms with Gasteiger partial charge in [-0.05, 0) is 19.1 Å². The van der Waals surface area contributed by atoms with E-state index in [4.69, 9.17) is 10.5 Å². The van der Waals surface area contributed by atoms with Crippen molar-refractivity contribution in [2.24, 2.45) is 0 Å². The van der Waals surface area contributed by atoms with Crippen molar-refractivity contribution in [2.45, 2.75) is 13.0 Å². The van der Waals surface area contributed by atoms with Gasteiger partial charge >= 0.3 is 0 Å². The maximum absolute atomic E-state index is 12.2. The molecule has 6 nitrogen and oxygen atoms in total. The summed E-state index contributed by atoms with van der Waals surface area (Å²) in [5.41, 5.74) is 6.42. The average molecular weight is 250 g/mol. The largest absolute Gasteiger partial charge is 0.382 e. The van der Waals surface area contributed by atoms with Gasteiger partial charge in [-0.25, -0.2) is 4.98 Å². The van der Waals surface area contributed by atoms with Gasteiger partial charge in [0.05, 0.1) is 18.9 Å². The van der Waals surface area contributed by atoms with Gasteiger partial charge in [-0.1, -0.05) is 0 Å². The van der Waals surface area contributed by atoms with Gasteiger partial charge in [0, 0.05) is 19.3 Å². The normalized spacial score (nSPS) is 17.3. The van der Waals surface area contributed by atoms with Crippen LogP contribution in [0.25, 0.3) is 0 Å². The summed E-state index contributed by atoms with van der Waals surface area (Å²) in [6, 6.07) is 3.27. The van der Waals surface area contributed by atoms with E-state index in [2.05, 4.69) is 10.3 Å². The summed E-state index contributed by atoms with van der Waals surface area (Å²) in [6.07, 6.45) is 1.62. The monoisotopic (exact) mass is 250 g/mol. The molecule has 6 heteroatoms. The molecule has 2 rings (SSSR count). The van der Waals surface area contributed by atoms with Crippen molar-refractivity contribution in [3.63, 3.8) is 0 Å². The van der Waals surface area contributed by atoms with E-state index < -0.39 is 0 Å². The van der Waals surface area contributed by atoms with Gasteiger partial charge in [-0.3, -0.25) is 4.79 Å². The first-order chi connectivity index (χ1) is 8.68. The molecule has 2 heterocycles. The number of nitrogens with one attached hydrogen (secondary N) is 1. The highest BCUT2D eigenvalue weighted by molar-refractivity contribution is 5.85. The van der Waals surface area contributed by atoms with E-state index in [0.717, 1.165) is 0 Å². The second-order valence-corrected chi connectivity index (χ2v) is 4.24. The first kappa shape index (κ1) is 12.6. The second-order valence-electron chi connectivity index (χ2n) is 4.24. The van der Waals surface area contributed by atoms with Crippen LogP contribution in [0.2, 0.25) is 0 Å². The van der Waals surface area contributed by atoms with Crippen LogP contribution >= 0.6 is 0 Å². The van der Waals surface area contributed by atoms with Gasteiger partial charge in [0.25, 0.3) is 0 Å². The number of hydrogen-bond donors (Lipinski definition) is 2. The number of aromatic nitrogens is 1. The molecule has 1 saturated heterocycles. The van der Waals surface area contributed by atoms with Crippen molar-refractivity contribution in [1.29, 1.82) is 0 Å². The maximum Gasteiger partial charge on any atom is 0.244 e. The molecular formula is C12H18N4O2. The predicted molar refractivity (Wildman–Crippen MR) is 69.1 cm³/mol. The summed E-state index contributed by atoms with van der Waals surface area (Å²) in [4.78, 5) is 17.9. The van der Waals surface area contributed by atoms with Crippen LogP contribution in [-0.4, -0.2) is 48.1 Å². The molecule has 1 amide bonds. The highest BCUT2D eigenvalue weighted by Gasteiger charge is 2.22. The lowest BCUT2D eigenvalue weighted by molar-refractivity contribution is -0.135. The van der Waals surface area contributed by atoms with Crippen LogP contribution in [0.1, 0.15) is 6.92 Å². The number of carbonyl (C=O) groups excluding carboxylic acids is 1. The Morgan fingerprint density at radius 2 is 2.28 bits per heavy atom. The number of nitrogens with two attached hydrogens (primary N) is 1. The number of rotatable bonds is 3. The summed E-state index contributed by atoms with van der Waals surface area (Å²) < 4.78 is 5.22. The number of morpholine rings is 1. The van der Waals surface area contributed by atoms with Gasteiger partial charge in [0.2, 0.25) is 5.91 Å². The van der Waals surface area contributed by atoms with Crippen LogP contribution in [0.3, 0.4) is 0 Å². The number of nitrogens with zero attached hydrogens (tertiary/aromatic N) is 2. The third-order valence-corrected chi connectivity index (χ3v) is 2.90. The molecule has 1 aromatic rings. The number of hydrogen-bond acceptors (Lipinski definition) is 5. The van der Waals surface area contributed by atoms with Gasteiger partial charge < -0.3 is 20.7 Å². The predicted octanol–water partition coefficient (Wildman–Crippen LogP) is 0.323. The third-order valence-electron chi connectivity index (χ3n) is 2.90. The molecule has 18 heavy (non-hydrogen) atoms. The fraction of sp³-hybridized carbons (Fsp3) is 0.500. The summed E-state index contributed by atoms with van der Waals surface area (Å²) >= 11 is 0. The minimum atomic E-state index is -0.324. The minimum absolute atomic E-state index is 0.0570. The lowest BCUT2D eigenvalue weighted by Crippen LogP contribution is -2.47. The van der Waals surface area contributed by atoms with Crippen LogP contribution < -0.4 is 11.1 Å². The van der Waals surface area contributed by atoms with Crippen LogP contribution in [0.5, 0.6) is 0 Å². The first-order valence-corrected chi connectivity index (χ1v) is 6.02. The van der Waals surface area contributed by atoms with Crippen molar-refractivity contribution in [3.05, 3.63) is 18.3 Å². The Morgan fingerprint density at radius 3 is 2.94 bits per heavy atom. The van der Waals surface area contributed by atoms with E-state index in [1.165, 1.54) is 0 Å². The first-order valence-electron chi connectivity index (χ1n) is 6.02. The molecular weight excluding hydrogens is 232 g/mol. The van der Waals surface area contributed by atoms with Gasteiger partial charge in [-0.2, -0.15) is 0 Å². The van der Waals surface area contributed by atoms with E-state index in [0.29, 0.717) is 37.8 Å². The van der Waals surface area contributed by atoms with Gasteiger partial charge in [0.1, 0.15) is 11.9 Å². The Kier molecular flexibility index (Phi) is 3.99. The maximum atomic E-state index is 12.2. The number of anilines is 2. The van der Waals surface area contributed by atoms with Gasteiger partial charge in [-0.15, -0.1) is 0 Å². The molecule has 0 aromatic carbocycles. The summed E-state index contributed by atoms with van der Waals surface area (Å²) in [6.45, 7) is 4.33. The molecule has 0 aliphatic carbocycles. The molecule has 1 atom stereocenters. The Balaban J connectivity index is 1.96. The van der Waals surface area contributed by atoms with E-state index in [-0.39, 0.29) is 11.9 Å². The van der Waals surface area contributed by atoms with Gasteiger partial charge in [0.15, 0.2) is 0 Å². The fourth-order valence-corrected chi connectivity index (χ4v) is 1.89. The van der Waals surface area contributed by atoms with Crippen LogP contribution in [0.4, 0.5) is 11.5 Å². The number of carbonyl (C=O) groups is 1. The number of amides is 1. The van der Waals surface area contributed by atoms with Crippen molar-refractivity contribution >= 4 is 17.4 Å². The highest BCUT2D eigenvalue weighted by Crippen LogP contribution is 2.15. The van der Waals surface area contributed by atoms with E-state index in [1.54, 1.807) is 17.2 Å². The number of nitrogen functional groups attached to an aromatic ring is 1. The Hall–Kier alpha value is -1.82. The standard InChI is InChI=1S/C12H18N4O2/c1-9(12(17)16-5-7-18-8-6-16)15-10-3-2-4-14-11(10)13/h2-4,9,15H,5-8H2,1H3,(H2,13,14). The van der Waals surface area contributed by atoms with Crippen molar-refractivity contribution < 1.29 is 9.53 Å². The smallest absolute Gasteiger partial charge is 0.244 e. The van der Waals surface area contributed by atoms with E-state index >= 15 is 0 Å². The molecule has 1 fully saturated rings. The third kappa shape index (κ3) is 2.89. The molecule has 3 N–H and O–H groups in total. The molecule has 1 aromatic heterocycles. The molecule has 0 saturated carbocycles. The molecule has 0 spiro atoms. The quantitative estimate of drug-likeness (QED) is 0.807. The Labute approximate surface area is 106 Å². The highest BCUT2D eigenvalue weighted by atomic mass is 16.5. The van der Waals surface area contributed by atoms with Crippen LogP contribution in [0.15, 0.2) is 18.3 Å². The molecule has 1 aliphatic rings. The summed E-state index contributed by atoms with van der Waals surface area (Å²) in [5, 5.41) is 3.09. The molecule has 0 bridgehead atoms. The molecule has 98 valence electrons. The van der Waals surface area contributed by atoms with Crippen molar-refractivity contribution in [2.75, 3.05) is 37.4 Å². The SMILES string of the molecule is CC(Nc1cccnc1N)C(=O)N1CCOCC1. The summed E-state index contributed by atoms with van der Waals surface area (Å²) in [7, 11) is 0. The Bertz CT molecular complexity index is 418. The topological polar surface area (TPSA) is 80.5 Å². The lowest BCUT2D eigenvalue weighted by Gasteiger charge is -2.29. The zero-order chi connectivity index (χ0) is 13.0. The molecule has 1 unspecified atom stereocenters. The number of pyridine rings is 1. The van der Waals surface area contributed by atoms with Crippen molar-refractivity contribution in [3.8, 4) is 0 Å². The van der Waals surface area contributed by atoms with Crippen LogP contribution in [0, 0.1) is 0 Å². The second kappa shape index (κ2) is 5.68. The fourth-order valence-electron chi connectivity index (χ4n) is 1.89. The number of ether oxygens (including phenoxy) is 1. The van der Waals surface area contributed by atoms with Crippen LogP contribution in [-0.2, 0) is 9.53 Å². The lowest BCUT2D eigenvalue weighted by atomic mass is 10.2. The minimum Gasteiger partial charge on any atom is -0.382 e. The van der Waals surface area contributed by atoms with E-state index in [1.807, 2.05) is 13.0 Å². The zero-order valence-electron chi connectivity index (χ0n) is 10.4. The molecule has 1 aliphatic heterocycles. The van der Waals surface area contributed by atoms with Crippen molar-refractivity contribution in [1.82, 2.24) is 9.88 Å². The summed E-state index contributed by atoms with van der Waals surface area (Å²) in [5.74, 6) is 0.459. The average Bonchev–Trinajstić information content (AvgIpc) is 2.41.